The average molecular weight is 360 g/mol. The minimum Gasteiger partial charge on any atom is -0.342 e. The van der Waals surface area contributed by atoms with Crippen molar-refractivity contribution in [2.75, 3.05) is 0 Å². The maximum absolute atomic E-state index is 13.5. The van der Waals surface area contributed by atoms with E-state index in [2.05, 4.69) is 54.4 Å². The predicted octanol–water partition coefficient (Wildman–Crippen LogP) is 6.76. The highest BCUT2D eigenvalue weighted by atomic mass is 19.1. The molecule has 138 valence electrons. The van der Waals surface area contributed by atoms with Gasteiger partial charge in [0.1, 0.15) is 11.6 Å². The van der Waals surface area contributed by atoms with Gasteiger partial charge in [-0.2, -0.15) is 0 Å². The largest absolute Gasteiger partial charge is 0.342 e. The summed E-state index contributed by atoms with van der Waals surface area (Å²) < 4.78 is 13.5. The van der Waals surface area contributed by atoms with Gasteiger partial charge in [-0.25, -0.2) is 9.37 Å². The third kappa shape index (κ3) is 3.87. The number of halogens is 1. The number of aromatic nitrogens is 2. The summed E-state index contributed by atoms with van der Waals surface area (Å²) in [4.78, 5) is 8.03. The topological polar surface area (TPSA) is 28.7 Å². The average Bonchev–Trinajstić information content (AvgIpc) is 3.08. The number of nitrogens with zero attached hydrogens (tertiary/aromatic N) is 1. The molecule has 1 unspecified atom stereocenters. The van der Waals surface area contributed by atoms with Gasteiger partial charge in [0.25, 0.3) is 0 Å². The van der Waals surface area contributed by atoms with Crippen LogP contribution in [-0.2, 0) is 6.42 Å². The lowest BCUT2D eigenvalue weighted by Gasteiger charge is -2.18. The first-order chi connectivity index (χ1) is 13.2. The number of fused-ring (bicyclic) bond motifs is 2. The van der Waals surface area contributed by atoms with Crippen molar-refractivity contribution in [1.82, 2.24) is 9.97 Å². The molecule has 2 nitrogen and oxygen atoms in total. The smallest absolute Gasteiger partial charge is 0.125 e. The Morgan fingerprint density at radius 1 is 1.00 bits per heavy atom. The molecule has 0 radical (unpaired) electrons. The van der Waals surface area contributed by atoms with Crippen molar-refractivity contribution in [3.63, 3.8) is 0 Å². The molecular formula is C24H25FN2. The van der Waals surface area contributed by atoms with Gasteiger partial charge < -0.3 is 4.98 Å². The Balaban J connectivity index is 1.69. The first-order valence-electron chi connectivity index (χ1n) is 9.86. The van der Waals surface area contributed by atoms with Crippen LogP contribution in [0.3, 0.4) is 0 Å². The SMILES string of the molecule is CCCCCC(Cc1nc2ccc(F)cc2[nH]1)c1cccc2ccccc12. The highest BCUT2D eigenvalue weighted by Gasteiger charge is 2.17. The molecule has 0 aliphatic rings. The summed E-state index contributed by atoms with van der Waals surface area (Å²) in [5, 5.41) is 2.60. The molecule has 3 aromatic carbocycles. The molecule has 1 aromatic heterocycles. The van der Waals surface area contributed by atoms with Gasteiger partial charge in [-0.1, -0.05) is 68.7 Å². The minimum absolute atomic E-state index is 0.230. The molecule has 0 amide bonds. The maximum atomic E-state index is 13.5. The van der Waals surface area contributed by atoms with E-state index in [1.54, 1.807) is 6.07 Å². The molecule has 27 heavy (non-hydrogen) atoms. The number of imidazole rings is 1. The standard InChI is InChI=1S/C24H25FN2/c1-2-3-4-9-18(21-12-7-10-17-8-5-6-11-20(17)21)15-24-26-22-14-13-19(25)16-23(22)27-24/h5-8,10-14,16,18H,2-4,9,15H2,1H3,(H,26,27). The van der Waals surface area contributed by atoms with Gasteiger partial charge in [0.2, 0.25) is 0 Å². The third-order valence-electron chi connectivity index (χ3n) is 5.35. The van der Waals surface area contributed by atoms with Crippen molar-refractivity contribution >= 4 is 21.8 Å². The van der Waals surface area contributed by atoms with Crippen molar-refractivity contribution in [3.8, 4) is 0 Å². The minimum atomic E-state index is -0.230. The Kier molecular flexibility index (Phi) is 5.19. The van der Waals surface area contributed by atoms with Crippen LogP contribution in [0.2, 0.25) is 0 Å². The number of benzene rings is 3. The van der Waals surface area contributed by atoms with Crippen molar-refractivity contribution in [2.24, 2.45) is 0 Å². The molecule has 1 heterocycles. The van der Waals surface area contributed by atoms with Gasteiger partial charge in [-0.05, 0) is 46.9 Å². The number of aromatic amines is 1. The molecule has 3 heteroatoms. The number of hydrogen-bond donors (Lipinski definition) is 1. The molecule has 0 bridgehead atoms. The van der Waals surface area contributed by atoms with E-state index < -0.39 is 0 Å². The zero-order chi connectivity index (χ0) is 18.6. The Hall–Kier alpha value is -2.68. The second-order valence-electron chi connectivity index (χ2n) is 7.31. The van der Waals surface area contributed by atoms with Crippen molar-refractivity contribution < 1.29 is 4.39 Å². The molecule has 0 spiro atoms. The van der Waals surface area contributed by atoms with E-state index in [1.165, 1.54) is 47.7 Å². The molecule has 0 saturated heterocycles. The highest BCUT2D eigenvalue weighted by Crippen LogP contribution is 2.32. The van der Waals surface area contributed by atoms with Gasteiger partial charge in [0.05, 0.1) is 11.0 Å². The lowest BCUT2D eigenvalue weighted by atomic mass is 9.87. The fraction of sp³-hybridized carbons (Fsp3) is 0.292. The number of rotatable bonds is 7. The summed E-state index contributed by atoms with van der Waals surface area (Å²) in [7, 11) is 0. The number of hydrogen-bond acceptors (Lipinski definition) is 1. The fourth-order valence-electron chi connectivity index (χ4n) is 3.98. The van der Waals surface area contributed by atoms with Gasteiger partial charge >= 0.3 is 0 Å². The fourth-order valence-corrected chi connectivity index (χ4v) is 3.98. The second-order valence-corrected chi connectivity index (χ2v) is 7.31. The zero-order valence-electron chi connectivity index (χ0n) is 15.7. The van der Waals surface area contributed by atoms with Crippen LogP contribution in [0.1, 0.15) is 49.9 Å². The van der Waals surface area contributed by atoms with Gasteiger partial charge in [-0.15, -0.1) is 0 Å². The predicted molar refractivity (Wildman–Crippen MR) is 111 cm³/mol. The van der Waals surface area contributed by atoms with Crippen molar-refractivity contribution in [3.05, 3.63) is 77.9 Å². The van der Waals surface area contributed by atoms with Crippen LogP contribution in [-0.4, -0.2) is 9.97 Å². The summed E-state index contributed by atoms with van der Waals surface area (Å²) in [5.41, 5.74) is 2.99. The van der Waals surface area contributed by atoms with Crippen LogP contribution in [0.25, 0.3) is 21.8 Å². The van der Waals surface area contributed by atoms with Crippen LogP contribution < -0.4 is 0 Å². The molecule has 1 N–H and O–H groups in total. The van der Waals surface area contributed by atoms with Crippen LogP contribution in [0.5, 0.6) is 0 Å². The van der Waals surface area contributed by atoms with Crippen LogP contribution in [0.4, 0.5) is 4.39 Å². The molecule has 4 rings (SSSR count). The van der Waals surface area contributed by atoms with Crippen LogP contribution in [0.15, 0.2) is 60.7 Å². The monoisotopic (exact) mass is 360 g/mol. The highest BCUT2D eigenvalue weighted by molar-refractivity contribution is 5.86. The van der Waals surface area contributed by atoms with Crippen molar-refractivity contribution in [1.29, 1.82) is 0 Å². The lowest BCUT2D eigenvalue weighted by molar-refractivity contribution is 0.558. The number of unbranched alkanes of at least 4 members (excludes halogenated alkanes) is 2. The Labute approximate surface area is 159 Å². The maximum Gasteiger partial charge on any atom is 0.125 e. The van der Waals surface area contributed by atoms with Gasteiger partial charge in [-0.3, -0.25) is 0 Å². The summed E-state index contributed by atoms with van der Waals surface area (Å²) in [6.07, 6.45) is 5.64. The van der Waals surface area contributed by atoms with Crippen LogP contribution in [0, 0.1) is 5.82 Å². The lowest BCUT2D eigenvalue weighted by Crippen LogP contribution is -2.05. The Morgan fingerprint density at radius 2 is 1.85 bits per heavy atom. The van der Waals surface area contributed by atoms with E-state index >= 15 is 0 Å². The summed E-state index contributed by atoms with van der Waals surface area (Å²) >= 11 is 0. The van der Waals surface area contributed by atoms with Crippen molar-refractivity contribution in [2.45, 2.75) is 44.9 Å². The molecule has 0 aliphatic heterocycles. The molecule has 0 saturated carbocycles. The van der Waals surface area contributed by atoms with E-state index in [0.29, 0.717) is 5.92 Å². The molecule has 4 aromatic rings. The van der Waals surface area contributed by atoms with Gasteiger partial charge in [0, 0.05) is 6.42 Å². The van der Waals surface area contributed by atoms with E-state index in [0.717, 1.165) is 29.7 Å². The Bertz CT molecular complexity index is 1050. The summed E-state index contributed by atoms with van der Waals surface area (Å²) in [6, 6.07) is 19.9. The number of nitrogens with one attached hydrogen (secondary N) is 1. The molecular weight excluding hydrogens is 335 g/mol. The molecule has 0 aliphatic carbocycles. The van der Waals surface area contributed by atoms with E-state index in [1.807, 2.05) is 0 Å². The quantitative estimate of drug-likeness (QED) is 0.362. The third-order valence-corrected chi connectivity index (χ3v) is 5.35. The zero-order valence-corrected chi connectivity index (χ0v) is 15.7. The Morgan fingerprint density at radius 3 is 2.74 bits per heavy atom. The summed E-state index contributed by atoms with van der Waals surface area (Å²) in [5.74, 6) is 1.10. The molecule has 1 atom stereocenters. The first kappa shape index (κ1) is 17.7. The van der Waals surface area contributed by atoms with Crippen LogP contribution >= 0.6 is 0 Å². The summed E-state index contributed by atoms with van der Waals surface area (Å²) in [6.45, 7) is 2.24. The van der Waals surface area contributed by atoms with E-state index in [-0.39, 0.29) is 5.82 Å². The first-order valence-corrected chi connectivity index (χ1v) is 9.86. The normalized spacial score (nSPS) is 12.7. The number of H-pyrrole nitrogens is 1. The van der Waals surface area contributed by atoms with E-state index in [4.69, 9.17) is 4.98 Å². The second kappa shape index (κ2) is 7.91. The van der Waals surface area contributed by atoms with E-state index in [9.17, 15) is 4.39 Å². The molecule has 0 fully saturated rings. The van der Waals surface area contributed by atoms with Gasteiger partial charge in [0.15, 0.2) is 0 Å².